The van der Waals surface area contributed by atoms with Gasteiger partial charge >= 0.3 is 0 Å². The molecule has 0 aliphatic heterocycles. The molecule has 0 aromatic carbocycles. The van der Waals surface area contributed by atoms with Gasteiger partial charge in [-0.2, -0.15) is 0 Å². The second-order valence-electron chi connectivity index (χ2n) is 3.98. The van der Waals surface area contributed by atoms with Crippen LogP contribution in [0.25, 0.3) is 0 Å². The maximum atomic E-state index is 11.7. The van der Waals surface area contributed by atoms with Gasteiger partial charge in [0.15, 0.2) is 0 Å². The minimum atomic E-state index is -2.53. The zero-order valence-corrected chi connectivity index (χ0v) is 8.10. The fraction of sp³-hybridized carbons (Fsp3) is 0.875. The highest BCUT2D eigenvalue weighted by atomic mass is 19.3. The Balaban J connectivity index is 3.98. The number of amides is 1. The van der Waals surface area contributed by atoms with Gasteiger partial charge in [0.1, 0.15) is 0 Å². The minimum Gasteiger partial charge on any atom is -0.349 e. The van der Waals surface area contributed by atoms with Crippen LogP contribution in [0, 0.1) is 5.41 Å². The monoisotopic (exact) mass is 194 g/mol. The van der Waals surface area contributed by atoms with Crippen molar-refractivity contribution in [2.24, 2.45) is 11.1 Å². The Morgan fingerprint density at radius 3 is 2.23 bits per heavy atom. The zero-order valence-electron chi connectivity index (χ0n) is 8.10. The van der Waals surface area contributed by atoms with E-state index < -0.39 is 30.3 Å². The van der Waals surface area contributed by atoms with Crippen molar-refractivity contribution >= 4 is 5.91 Å². The van der Waals surface area contributed by atoms with Gasteiger partial charge in [-0.05, 0) is 5.41 Å². The summed E-state index contributed by atoms with van der Waals surface area (Å²) in [7, 11) is 0. The number of alkyl halides is 2. The van der Waals surface area contributed by atoms with Crippen molar-refractivity contribution in [1.29, 1.82) is 0 Å². The first-order chi connectivity index (χ1) is 5.75. The van der Waals surface area contributed by atoms with Crippen molar-refractivity contribution in [3.8, 4) is 0 Å². The summed E-state index contributed by atoms with van der Waals surface area (Å²) in [5.41, 5.74) is 5.11. The van der Waals surface area contributed by atoms with Crippen molar-refractivity contribution in [2.75, 3.05) is 6.54 Å². The van der Waals surface area contributed by atoms with E-state index in [1.165, 1.54) is 0 Å². The largest absolute Gasteiger partial charge is 0.349 e. The number of carbonyl (C=O) groups is 1. The molecule has 3 nitrogen and oxygen atoms in total. The van der Waals surface area contributed by atoms with Crippen LogP contribution < -0.4 is 11.1 Å². The lowest BCUT2D eigenvalue weighted by atomic mass is 9.87. The lowest BCUT2D eigenvalue weighted by Crippen LogP contribution is -2.49. The first kappa shape index (κ1) is 12.3. The fourth-order valence-corrected chi connectivity index (χ4v) is 0.681. The molecule has 0 radical (unpaired) electrons. The van der Waals surface area contributed by atoms with Crippen LogP contribution in [0.3, 0.4) is 0 Å². The number of hydrogen-bond acceptors (Lipinski definition) is 2. The molecule has 5 heteroatoms. The summed E-state index contributed by atoms with van der Waals surface area (Å²) < 4.78 is 23.4. The van der Waals surface area contributed by atoms with Crippen molar-refractivity contribution < 1.29 is 13.6 Å². The third kappa shape index (κ3) is 4.77. The molecule has 0 aliphatic rings. The van der Waals surface area contributed by atoms with Gasteiger partial charge in [-0.25, -0.2) is 8.78 Å². The average Bonchev–Trinajstić information content (AvgIpc) is 1.96. The normalized spacial score (nSPS) is 14.4. The summed E-state index contributed by atoms with van der Waals surface area (Å²) in [6.07, 6.45) is -2.53. The molecule has 0 rings (SSSR count). The molecule has 0 saturated carbocycles. The predicted molar refractivity (Wildman–Crippen MR) is 46.4 cm³/mol. The van der Waals surface area contributed by atoms with Crippen molar-refractivity contribution in [3.05, 3.63) is 0 Å². The van der Waals surface area contributed by atoms with E-state index in [0.29, 0.717) is 0 Å². The highest BCUT2D eigenvalue weighted by molar-refractivity contribution is 5.82. The minimum absolute atomic E-state index is 0.411. The summed E-state index contributed by atoms with van der Waals surface area (Å²) in [6.45, 7) is 4.70. The van der Waals surface area contributed by atoms with Crippen molar-refractivity contribution in [2.45, 2.75) is 33.2 Å². The quantitative estimate of drug-likeness (QED) is 0.696. The van der Waals surface area contributed by atoms with Gasteiger partial charge in [0.2, 0.25) is 5.91 Å². The van der Waals surface area contributed by atoms with Gasteiger partial charge in [0, 0.05) is 0 Å². The molecule has 0 aliphatic carbocycles. The third-order valence-electron chi connectivity index (χ3n) is 1.65. The summed E-state index contributed by atoms with van der Waals surface area (Å²) >= 11 is 0. The van der Waals surface area contributed by atoms with E-state index in [2.05, 4.69) is 5.32 Å². The van der Waals surface area contributed by atoms with Gasteiger partial charge in [0.05, 0.1) is 12.6 Å². The molecule has 0 aromatic heterocycles. The molecule has 0 bridgehead atoms. The van der Waals surface area contributed by atoms with Crippen LogP contribution in [-0.4, -0.2) is 24.9 Å². The molecule has 0 fully saturated rings. The van der Waals surface area contributed by atoms with Crippen LogP contribution in [0.5, 0.6) is 0 Å². The predicted octanol–water partition coefficient (Wildman–Crippen LogP) is 0.741. The Morgan fingerprint density at radius 1 is 1.46 bits per heavy atom. The standard InChI is InChI=1S/C8H16F2N2O/c1-8(2,3)6(11)7(13)12-4-5(9)10/h5-6H,4,11H2,1-3H3,(H,12,13)/t6-/m0/s1. The first-order valence-corrected chi connectivity index (χ1v) is 4.06. The number of rotatable bonds is 3. The van der Waals surface area contributed by atoms with E-state index in [0.717, 1.165) is 0 Å². The molecule has 1 amide bonds. The van der Waals surface area contributed by atoms with E-state index in [9.17, 15) is 13.6 Å². The molecule has 13 heavy (non-hydrogen) atoms. The molecular formula is C8H16F2N2O. The number of nitrogens with two attached hydrogens (primary N) is 1. The fourth-order valence-electron chi connectivity index (χ4n) is 0.681. The van der Waals surface area contributed by atoms with Gasteiger partial charge in [-0.1, -0.05) is 20.8 Å². The lowest BCUT2D eigenvalue weighted by molar-refractivity contribution is -0.125. The Hall–Kier alpha value is -0.710. The van der Waals surface area contributed by atoms with Crippen LogP contribution >= 0.6 is 0 Å². The SMILES string of the molecule is CC(C)(C)[C@@H](N)C(=O)NCC(F)F. The van der Waals surface area contributed by atoms with E-state index in [1.807, 2.05) is 0 Å². The van der Waals surface area contributed by atoms with Gasteiger partial charge in [-0.3, -0.25) is 4.79 Å². The van der Waals surface area contributed by atoms with Gasteiger partial charge in [-0.15, -0.1) is 0 Å². The highest BCUT2D eigenvalue weighted by Gasteiger charge is 2.27. The van der Waals surface area contributed by atoms with E-state index in [1.54, 1.807) is 20.8 Å². The third-order valence-corrected chi connectivity index (χ3v) is 1.65. The summed E-state index contributed by atoms with van der Waals surface area (Å²) in [6, 6.07) is -0.758. The maximum Gasteiger partial charge on any atom is 0.255 e. The molecule has 3 N–H and O–H groups in total. The van der Waals surface area contributed by atoms with Crippen molar-refractivity contribution in [3.63, 3.8) is 0 Å². The topological polar surface area (TPSA) is 55.1 Å². The molecule has 0 spiro atoms. The summed E-state index contributed by atoms with van der Waals surface area (Å²) in [5, 5.41) is 2.07. The van der Waals surface area contributed by atoms with Crippen LogP contribution in [0.15, 0.2) is 0 Å². The molecule has 0 saturated heterocycles. The smallest absolute Gasteiger partial charge is 0.255 e. The second-order valence-corrected chi connectivity index (χ2v) is 3.98. The Kier molecular flexibility index (Phi) is 4.26. The number of hydrogen-bond donors (Lipinski definition) is 2. The van der Waals surface area contributed by atoms with E-state index in [-0.39, 0.29) is 0 Å². The molecule has 0 aromatic rings. The number of halogens is 2. The molecule has 1 atom stereocenters. The second kappa shape index (κ2) is 4.50. The van der Waals surface area contributed by atoms with Crippen LogP contribution in [0.1, 0.15) is 20.8 Å². The number of nitrogens with one attached hydrogen (secondary N) is 1. The molecule has 0 heterocycles. The van der Waals surface area contributed by atoms with Crippen LogP contribution in [0.2, 0.25) is 0 Å². The van der Waals surface area contributed by atoms with Crippen LogP contribution in [-0.2, 0) is 4.79 Å². The zero-order chi connectivity index (χ0) is 10.6. The van der Waals surface area contributed by atoms with Gasteiger partial charge in [0.25, 0.3) is 6.43 Å². The van der Waals surface area contributed by atoms with E-state index >= 15 is 0 Å². The highest BCUT2D eigenvalue weighted by Crippen LogP contribution is 2.17. The lowest BCUT2D eigenvalue weighted by Gasteiger charge is -2.25. The molecular weight excluding hydrogens is 178 g/mol. The summed E-state index contributed by atoms with van der Waals surface area (Å²) in [4.78, 5) is 11.1. The van der Waals surface area contributed by atoms with E-state index in [4.69, 9.17) is 5.73 Å². The van der Waals surface area contributed by atoms with Crippen LogP contribution in [0.4, 0.5) is 8.78 Å². The molecule has 78 valence electrons. The Labute approximate surface area is 76.7 Å². The maximum absolute atomic E-state index is 11.7. The average molecular weight is 194 g/mol. The van der Waals surface area contributed by atoms with Crippen molar-refractivity contribution in [1.82, 2.24) is 5.32 Å². The molecule has 0 unspecified atom stereocenters. The van der Waals surface area contributed by atoms with Gasteiger partial charge < -0.3 is 11.1 Å². The Bertz CT molecular complexity index is 177. The summed E-state index contributed by atoms with van der Waals surface area (Å²) in [5.74, 6) is -0.534. The Morgan fingerprint density at radius 2 is 1.92 bits per heavy atom. The number of carbonyl (C=O) groups excluding carboxylic acids is 1. The first-order valence-electron chi connectivity index (χ1n) is 4.06.